The van der Waals surface area contributed by atoms with E-state index in [9.17, 15) is 14.4 Å². The zero-order valence-electron chi connectivity index (χ0n) is 14.8. The lowest BCUT2D eigenvalue weighted by atomic mass is 10.1. The molecule has 1 atom stereocenters. The second kappa shape index (κ2) is 7.56. The van der Waals surface area contributed by atoms with Gasteiger partial charge in [0.2, 0.25) is 17.7 Å². The summed E-state index contributed by atoms with van der Waals surface area (Å²) in [5.41, 5.74) is 0. The Labute approximate surface area is 152 Å². The van der Waals surface area contributed by atoms with Crippen LogP contribution in [0.15, 0.2) is 17.5 Å². The van der Waals surface area contributed by atoms with Crippen molar-refractivity contribution in [1.29, 1.82) is 0 Å². The summed E-state index contributed by atoms with van der Waals surface area (Å²) in [5, 5.41) is 1.96. The molecule has 2 aliphatic rings. The van der Waals surface area contributed by atoms with Crippen molar-refractivity contribution in [2.75, 3.05) is 32.7 Å². The molecule has 2 aliphatic heterocycles. The molecule has 2 fully saturated rings. The average molecular weight is 363 g/mol. The third-order valence-electron chi connectivity index (χ3n) is 4.75. The summed E-state index contributed by atoms with van der Waals surface area (Å²) in [6.45, 7) is 6.34. The average Bonchev–Trinajstić information content (AvgIpc) is 2.94. The Kier molecular flexibility index (Phi) is 5.42. The predicted octanol–water partition coefficient (Wildman–Crippen LogP) is 1.22. The van der Waals surface area contributed by atoms with E-state index in [2.05, 4.69) is 0 Å². The minimum atomic E-state index is -0.417. The summed E-state index contributed by atoms with van der Waals surface area (Å²) in [6, 6.07) is 3.48. The maximum Gasteiger partial charge on any atom is 0.245 e. The van der Waals surface area contributed by atoms with Crippen LogP contribution >= 0.6 is 11.3 Å². The molecule has 136 valence electrons. The molecule has 0 N–H and O–H groups in total. The topological polar surface area (TPSA) is 60.9 Å². The van der Waals surface area contributed by atoms with Crippen LogP contribution < -0.4 is 0 Å². The lowest BCUT2D eigenvalue weighted by Crippen LogP contribution is -2.60. The van der Waals surface area contributed by atoms with Crippen molar-refractivity contribution >= 4 is 29.1 Å². The number of carbonyl (C=O) groups excluding carboxylic acids is 3. The van der Waals surface area contributed by atoms with Crippen molar-refractivity contribution < 1.29 is 14.4 Å². The second-order valence-electron chi connectivity index (χ2n) is 7.14. The molecule has 7 heteroatoms. The van der Waals surface area contributed by atoms with Gasteiger partial charge in [-0.1, -0.05) is 19.9 Å². The standard InChI is InChI=1S/C18H25N3O3S/c1-13(2)11-20-12-17(23)21-8-7-19(6-5-15(21)18(20)24)16(22)10-14-4-3-9-25-14/h3-4,9,13,15H,5-8,10-12H2,1-2H3. The molecule has 1 unspecified atom stereocenters. The smallest absolute Gasteiger partial charge is 0.245 e. The van der Waals surface area contributed by atoms with Crippen LogP contribution in [0.25, 0.3) is 0 Å². The number of carbonyl (C=O) groups is 3. The minimum absolute atomic E-state index is 0.00203. The van der Waals surface area contributed by atoms with Gasteiger partial charge in [-0.3, -0.25) is 14.4 Å². The van der Waals surface area contributed by atoms with Gasteiger partial charge >= 0.3 is 0 Å². The van der Waals surface area contributed by atoms with Crippen molar-refractivity contribution in [2.24, 2.45) is 5.92 Å². The molecule has 1 aromatic rings. The number of fused-ring (bicyclic) bond motifs is 1. The number of piperazine rings is 1. The van der Waals surface area contributed by atoms with E-state index in [0.29, 0.717) is 44.9 Å². The van der Waals surface area contributed by atoms with Crippen LogP contribution in [-0.4, -0.2) is 71.2 Å². The lowest BCUT2D eigenvalue weighted by Gasteiger charge is -2.39. The van der Waals surface area contributed by atoms with Crippen LogP contribution in [0.5, 0.6) is 0 Å². The molecule has 6 nitrogen and oxygen atoms in total. The summed E-state index contributed by atoms with van der Waals surface area (Å²) >= 11 is 1.57. The Hall–Kier alpha value is -1.89. The van der Waals surface area contributed by atoms with Crippen LogP contribution in [0.4, 0.5) is 0 Å². The highest BCUT2D eigenvalue weighted by atomic mass is 32.1. The molecule has 0 radical (unpaired) electrons. The highest BCUT2D eigenvalue weighted by molar-refractivity contribution is 7.10. The van der Waals surface area contributed by atoms with Gasteiger partial charge in [-0.05, 0) is 23.8 Å². The summed E-state index contributed by atoms with van der Waals surface area (Å²) in [7, 11) is 0. The first kappa shape index (κ1) is 17.9. The molecular formula is C18H25N3O3S. The van der Waals surface area contributed by atoms with Crippen LogP contribution in [-0.2, 0) is 20.8 Å². The summed E-state index contributed by atoms with van der Waals surface area (Å²) < 4.78 is 0. The van der Waals surface area contributed by atoms with Crippen LogP contribution in [0, 0.1) is 5.92 Å². The number of thiophene rings is 1. The molecule has 3 heterocycles. The Morgan fingerprint density at radius 3 is 2.76 bits per heavy atom. The maximum absolute atomic E-state index is 12.8. The van der Waals surface area contributed by atoms with E-state index < -0.39 is 6.04 Å². The Morgan fingerprint density at radius 1 is 1.28 bits per heavy atom. The van der Waals surface area contributed by atoms with E-state index in [0.717, 1.165) is 4.88 Å². The van der Waals surface area contributed by atoms with E-state index in [4.69, 9.17) is 0 Å². The van der Waals surface area contributed by atoms with Gasteiger partial charge in [0.1, 0.15) is 6.04 Å². The summed E-state index contributed by atoms with van der Waals surface area (Å²) in [6.07, 6.45) is 0.916. The van der Waals surface area contributed by atoms with Gasteiger partial charge in [0, 0.05) is 31.1 Å². The Morgan fingerprint density at radius 2 is 2.08 bits per heavy atom. The normalized spacial score (nSPS) is 21.6. The first-order valence-corrected chi connectivity index (χ1v) is 9.72. The monoisotopic (exact) mass is 363 g/mol. The summed E-state index contributed by atoms with van der Waals surface area (Å²) in [4.78, 5) is 44.0. The third kappa shape index (κ3) is 4.03. The minimum Gasteiger partial charge on any atom is -0.341 e. The van der Waals surface area contributed by atoms with Gasteiger partial charge < -0.3 is 14.7 Å². The number of hydrogen-bond donors (Lipinski definition) is 0. The van der Waals surface area contributed by atoms with Crippen molar-refractivity contribution in [2.45, 2.75) is 32.7 Å². The number of rotatable bonds is 4. The SMILES string of the molecule is CC(C)CN1CC(=O)N2CCN(C(=O)Cc3cccs3)CCC2C1=O. The summed E-state index contributed by atoms with van der Waals surface area (Å²) in [5.74, 6) is 0.429. The molecule has 0 bridgehead atoms. The second-order valence-corrected chi connectivity index (χ2v) is 8.17. The largest absolute Gasteiger partial charge is 0.341 e. The molecule has 0 aliphatic carbocycles. The Balaban J connectivity index is 1.66. The van der Waals surface area contributed by atoms with Crippen LogP contribution in [0.3, 0.4) is 0 Å². The molecule has 3 amide bonds. The first-order valence-electron chi connectivity index (χ1n) is 8.84. The van der Waals surface area contributed by atoms with Gasteiger partial charge in [0.25, 0.3) is 0 Å². The quantitative estimate of drug-likeness (QED) is 0.808. The lowest BCUT2D eigenvalue weighted by molar-refractivity contribution is -0.156. The van der Waals surface area contributed by atoms with E-state index >= 15 is 0 Å². The van der Waals surface area contributed by atoms with E-state index in [1.807, 2.05) is 31.4 Å². The van der Waals surface area contributed by atoms with E-state index in [1.165, 1.54) is 0 Å². The van der Waals surface area contributed by atoms with Crippen molar-refractivity contribution in [3.63, 3.8) is 0 Å². The van der Waals surface area contributed by atoms with Gasteiger partial charge in [0.05, 0.1) is 13.0 Å². The zero-order valence-corrected chi connectivity index (χ0v) is 15.6. The van der Waals surface area contributed by atoms with Gasteiger partial charge in [-0.15, -0.1) is 11.3 Å². The maximum atomic E-state index is 12.8. The molecule has 0 saturated carbocycles. The molecule has 25 heavy (non-hydrogen) atoms. The van der Waals surface area contributed by atoms with Gasteiger partial charge in [-0.25, -0.2) is 0 Å². The molecule has 0 spiro atoms. The highest BCUT2D eigenvalue weighted by Crippen LogP contribution is 2.21. The molecular weight excluding hydrogens is 338 g/mol. The van der Waals surface area contributed by atoms with Crippen LogP contribution in [0.1, 0.15) is 25.1 Å². The fraction of sp³-hybridized carbons (Fsp3) is 0.611. The third-order valence-corrected chi connectivity index (χ3v) is 5.62. The van der Waals surface area contributed by atoms with Crippen molar-refractivity contribution in [3.05, 3.63) is 22.4 Å². The van der Waals surface area contributed by atoms with E-state index in [1.54, 1.807) is 26.0 Å². The molecule has 1 aromatic heterocycles. The fourth-order valence-electron chi connectivity index (χ4n) is 3.55. The molecule has 0 aromatic carbocycles. The van der Waals surface area contributed by atoms with Gasteiger partial charge in [0.15, 0.2) is 0 Å². The van der Waals surface area contributed by atoms with Crippen LogP contribution in [0.2, 0.25) is 0 Å². The van der Waals surface area contributed by atoms with Crippen molar-refractivity contribution in [3.8, 4) is 0 Å². The highest BCUT2D eigenvalue weighted by Gasteiger charge is 2.41. The molecule has 3 rings (SSSR count). The first-order chi connectivity index (χ1) is 12.0. The van der Waals surface area contributed by atoms with Crippen molar-refractivity contribution in [1.82, 2.24) is 14.7 Å². The number of amides is 3. The fourth-order valence-corrected chi connectivity index (χ4v) is 4.24. The Bertz CT molecular complexity index is 644. The predicted molar refractivity (Wildman–Crippen MR) is 96.1 cm³/mol. The van der Waals surface area contributed by atoms with Gasteiger partial charge in [-0.2, -0.15) is 0 Å². The zero-order chi connectivity index (χ0) is 18.0. The van der Waals surface area contributed by atoms with E-state index in [-0.39, 0.29) is 24.3 Å². The number of hydrogen-bond acceptors (Lipinski definition) is 4. The molecule has 2 saturated heterocycles. The number of nitrogens with zero attached hydrogens (tertiary/aromatic N) is 3.